The molecule has 1 aromatic rings. The molecule has 1 saturated carbocycles. The van der Waals surface area contributed by atoms with Gasteiger partial charge in [-0.2, -0.15) is 9.64 Å². The molecule has 0 radical (unpaired) electrons. The average molecular weight is 312 g/mol. The number of aromatic nitrogens is 1. The van der Waals surface area contributed by atoms with Crippen molar-refractivity contribution in [3.63, 3.8) is 0 Å². The molecule has 1 aliphatic heterocycles. The van der Waals surface area contributed by atoms with Gasteiger partial charge in [0, 0.05) is 13.1 Å². The van der Waals surface area contributed by atoms with Crippen LogP contribution in [-0.4, -0.2) is 28.7 Å². The lowest BCUT2D eigenvalue weighted by Crippen LogP contribution is -2.58. The van der Waals surface area contributed by atoms with Gasteiger partial charge in [0.25, 0.3) is 0 Å². The normalized spacial score (nSPS) is 24.0. The van der Waals surface area contributed by atoms with Crippen molar-refractivity contribution in [3.05, 3.63) is 10.7 Å². The predicted molar refractivity (Wildman–Crippen MR) is 80.4 cm³/mol. The number of nitrogens with zero attached hydrogens (tertiary/aromatic N) is 3. The van der Waals surface area contributed by atoms with Gasteiger partial charge in [-0.15, -0.1) is 0 Å². The molecular weight excluding hydrogens is 294 g/mol. The van der Waals surface area contributed by atoms with Crippen molar-refractivity contribution in [1.29, 1.82) is 5.26 Å². The minimum absolute atomic E-state index is 0.0645. The molecule has 2 fully saturated rings. The van der Waals surface area contributed by atoms with Gasteiger partial charge in [0.15, 0.2) is 5.15 Å². The van der Waals surface area contributed by atoms with Gasteiger partial charge < -0.3 is 9.64 Å². The van der Waals surface area contributed by atoms with Gasteiger partial charge in [0.1, 0.15) is 16.6 Å². The van der Waals surface area contributed by atoms with Crippen LogP contribution >= 0.6 is 23.1 Å². The minimum atomic E-state index is -0.216. The van der Waals surface area contributed by atoms with Crippen LogP contribution in [0.5, 0.6) is 0 Å². The van der Waals surface area contributed by atoms with E-state index < -0.39 is 0 Å². The third-order valence-corrected chi connectivity index (χ3v) is 5.37. The molecular formula is C14H18ClN3OS. The Balaban J connectivity index is 1.95. The van der Waals surface area contributed by atoms with Gasteiger partial charge in [-0.05, 0) is 38.2 Å². The fraction of sp³-hybridized carbons (Fsp3) is 0.714. The highest BCUT2D eigenvalue weighted by atomic mass is 35.5. The van der Waals surface area contributed by atoms with Gasteiger partial charge >= 0.3 is 0 Å². The van der Waals surface area contributed by atoms with Gasteiger partial charge in [-0.1, -0.05) is 24.4 Å². The summed E-state index contributed by atoms with van der Waals surface area (Å²) in [5, 5.41) is 10.5. The summed E-state index contributed by atoms with van der Waals surface area (Å²) in [4.78, 5) is 2.25. The van der Waals surface area contributed by atoms with Crippen LogP contribution in [-0.2, 0) is 4.74 Å². The maximum absolute atomic E-state index is 9.28. The second-order valence-electron chi connectivity index (χ2n) is 6.37. The Bertz CT molecular complexity index is 557. The van der Waals surface area contributed by atoms with Crippen molar-refractivity contribution in [2.75, 3.05) is 18.0 Å². The maximum Gasteiger partial charge on any atom is 0.162 e. The number of nitriles is 1. The second kappa shape index (κ2) is 4.87. The molecule has 108 valence electrons. The Morgan fingerprint density at radius 2 is 2.05 bits per heavy atom. The quantitative estimate of drug-likeness (QED) is 0.795. The molecule has 1 spiro atoms. The van der Waals surface area contributed by atoms with Gasteiger partial charge in [0.05, 0.1) is 11.2 Å². The first-order valence-corrected chi connectivity index (χ1v) is 8.10. The Morgan fingerprint density at radius 1 is 1.35 bits per heavy atom. The zero-order chi connectivity index (χ0) is 14.4. The summed E-state index contributed by atoms with van der Waals surface area (Å²) in [7, 11) is 0. The number of morpholine rings is 1. The molecule has 2 aliphatic rings. The van der Waals surface area contributed by atoms with E-state index in [0.29, 0.717) is 10.7 Å². The van der Waals surface area contributed by atoms with Crippen LogP contribution < -0.4 is 4.90 Å². The first kappa shape index (κ1) is 14.1. The van der Waals surface area contributed by atoms with Crippen molar-refractivity contribution >= 4 is 28.1 Å². The molecule has 0 atom stereocenters. The Kier molecular flexibility index (Phi) is 3.44. The van der Waals surface area contributed by atoms with Crippen molar-refractivity contribution in [2.24, 2.45) is 0 Å². The van der Waals surface area contributed by atoms with Crippen LogP contribution in [0, 0.1) is 11.3 Å². The molecule has 1 aliphatic carbocycles. The van der Waals surface area contributed by atoms with Gasteiger partial charge in [-0.25, -0.2) is 0 Å². The zero-order valence-corrected chi connectivity index (χ0v) is 13.4. The topological polar surface area (TPSA) is 49.2 Å². The smallest absolute Gasteiger partial charge is 0.162 e. The fourth-order valence-electron chi connectivity index (χ4n) is 3.51. The van der Waals surface area contributed by atoms with E-state index >= 15 is 0 Å². The minimum Gasteiger partial charge on any atom is -0.365 e. The number of hydrogen-bond acceptors (Lipinski definition) is 5. The number of rotatable bonds is 1. The van der Waals surface area contributed by atoms with Crippen LogP contribution in [0.3, 0.4) is 0 Å². The van der Waals surface area contributed by atoms with E-state index in [9.17, 15) is 5.26 Å². The molecule has 0 aromatic carbocycles. The summed E-state index contributed by atoms with van der Waals surface area (Å²) >= 11 is 7.32. The highest BCUT2D eigenvalue weighted by Crippen LogP contribution is 2.43. The standard InChI is InChI=1S/C14H18ClN3OS/c1-13(2)8-18(9-14(19-13)5-3-4-6-14)12-10(7-16)11(15)17-20-12/h3-6,8-9H2,1-2H3. The van der Waals surface area contributed by atoms with E-state index in [0.717, 1.165) is 30.9 Å². The molecule has 6 heteroatoms. The molecule has 0 unspecified atom stereocenters. The van der Waals surface area contributed by atoms with Crippen molar-refractivity contribution in [2.45, 2.75) is 50.7 Å². The molecule has 20 heavy (non-hydrogen) atoms. The lowest BCUT2D eigenvalue weighted by molar-refractivity contribution is -0.148. The van der Waals surface area contributed by atoms with E-state index in [4.69, 9.17) is 16.3 Å². The number of hydrogen-bond donors (Lipinski definition) is 0. The van der Waals surface area contributed by atoms with Crippen LogP contribution in [0.1, 0.15) is 45.1 Å². The Hall–Kier alpha value is -0.830. The molecule has 4 nitrogen and oxygen atoms in total. The molecule has 1 aromatic heterocycles. The largest absolute Gasteiger partial charge is 0.365 e. The number of anilines is 1. The summed E-state index contributed by atoms with van der Waals surface area (Å²) in [6.45, 7) is 5.84. The van der Waals surface area contributed by atoms with E-state index in [2.05, 4.69) is 29.2 Å². The Labute approximate surface area is 128 Å². The van der Waals surface area contributed by atoms with E-state index in [-0.39, 0.29) is 11.2 Å². The summed E-state index contributed by atoms with van der Waals surface area (Å²) in [6.07, 6.45) is 4.64. The van der Waals surface area contributed by atoms with Crippen LogP contribution in [0.25, 0.3) is 0 Å². The van der Waals surface area contributed by atoms with Crippen LogP contribution in [0.15, 0.2) is 0 Å². The SMILES string of the molecule is CC1(C)CN(c2snc(Cl)c2C#N)CC2(CCCC2)O1. The molecule has 3 rings (SSSR count). The number of ether oxygens (including phenoxy) is 1. The van der Waals surface area contributed by atoms with Gasteiger partial charge in [-0.3, -0.25) is 0 Å². The predicted octanol–water partition coefficient (Wildman–Crippen LogP) is 3.60. The fourth-order valence-corrected chi connectivity index (χ4v) is 4.54. The lowest BCUT2D eigenvalue weighted by Gasteiger charge is -2.49. The molecule has 0 N–H and O–H groups in total. The van der Waals surface area contributed by atoms with Crippen molar-refractivity contribution in [3.8, 4) is 6.07 Å². The Morgan fingerprint density at radius 3 is 2.70 bits per heavy atom. The van der Waals surface area contributed by atoms with E-state index in [1.165, 1.54) is 24.4 Å². The molecule has 2 heterocycles. The highest BCUT2D eigenvalue weighted by Gasteiger charge is 2.46. The van der Waals surface area contributed by atoms with E-state index in [1.54, 1.807) is 0 Å². The lowest BCUT2D eigenvalue weighted by atomic mass is 9.94. The first-order valence-electron chi connectivity index (χ1n) is 6.95. The summed E-state index contributed by atoms with van der Waals surface area (Å²) in [5.41, 5.74) is 0.221. The van der Waals surface area contributed by atoms with Crippen LogP contribution in [0.4, 0.5) is 5.00 Å². The second-order valence-corrected chi connectivity index (χ2v) is 7.48. The average Bonchev–Trinajstić information content (AvgIpc) is 2.94. The van der Waals surface area contributed by atoms with Crippen LogP contribution in [0.2, 0.25) is 5.15 Å². The monoisotopic (exact) mass is 311 g/mol. The third kappa shape index (κ3) is 2.41. The third-order valence-electron chi connectivity index (χ3n) is 4.09. The van der Waals surface area contributed by atoms with Gasteiger partial charge in [0.2, 0.25) is 0 Å². The number of halogens is 1. The molecule has 1 saturated heterocycles. The summed E-state index contributed by atoms with van der Waals surface area (Å²) in [6, 6.07) is 2.18. The van der Waals surface area contributed by atoms with Crippen molar-refractivity contribution < 1.29 is 4.74 Å². The maximum atomic E-state index is 9.28. The van der Waals surface area contributed by atoms with E-state index in [1.807, 2.05) is 0 Å². The molecule has 0 bridgehead atoms. The highest BCUT2D eigenvalue weighted by molar-refractivity contribution is 7.10. The molecule has 0 amide bonds. The zero-order valence-electron chi connectivity index (χ0n) is 11.8. The summed E-state index contributed by atoms with van der Waals surface area (Å²) < 4.78 is 10.5. The first-order chi connectivity index (χ1) is 9.45. The van der Waals surface area contributed by atoms with Crippen molar-refractivity contribution in [1.82, 2.24) is 4.37 Å². The summed E-state index contributed by atoms with van der Waals surface area (Å²) in [5.74, 6) is 0.